The quantitative estimate of drug-likeness (QED) is 0.752. The van der Waals surface area contributed by atoms with Gasteiger partial charge in [0, 0.05) is 24.2 Å². The second kappa shape index (κ2) is 4.36. The molecule has 102 valence electrons. The number of hydrogen-bond donors (Lipinski definition) is 2. The molecule has 1 aliphatic carbocycles. The van der Waals surface area contributed by atoms with Gasteiger partial charge >= 0.3 is 5.69 Å². The van der Waals surface area contributed by atoms with Gasteiger partial charge in [-0.3, -0.25) is 19.1 Å². The van der Waals surface area contributed by atoms with E-state index in [1.807, 2.05) is 0 Å². The van der Waals surface area contributed by atoms with Gasteiger partial charge in [0.05, 0.1) is 6.04 Å². The van der Waals surface area contributed by atoms with Crippen molar-refractivity contribution in [3.63, 3.8) is 0 Å². The normalized spacial score (nSPS) is 29.9. The van der Waals surface area contributed by atoms with Crippen molar-refractivity contribution in [1.29, 1.82) is 0 Å². The van der Waals surface area contributed by atoms with E-state index in [0.29, 0.717) is 17.9 Å². The summed E-state index contributed by atoms with van der Waals surface area (Å²) in [5.41, 5.74) is -0.217. The topological polar surface area (TPSA) is 84.0 Å². The first-order chi connectivity index (χ1) is 9.04. The van der Waals surface area contributed by atoms with Crippen molar-refractivity contribution in [1.82, 2.24) is 14.9 Å². The summed E-state index contributed by atoms with van der Waals surface area (Å²) in [5.74, 6) is 0.509. The highest BCUT2D eigenvalue weighted by Crippen LogP contribution is 2.36. The van der Waals surface area contributed by atoms with Crippen molar-refractivity contribution < 1.29 is 4.79 Å². The van der Waals surface area contributed by atoms with E-state index < -0.39 is 0 Å². The monoisotopic (exact) mass is 263 g/mol. The lowest BCUT2D eigenvalue weighted by atomic mass is 9.77. The standard InChI is InChI=1S/C13H17N3O3/c1-7-6-16(13(19)15-12(7)18)10-3-2-8-4-9(10)14-11(17)5-8/h6,8-10H,2-5H2,1H3,(H,14,17)(H,15,18,19)/t8-,9+,10+/m1/s1. The summed E-state index contributed by atoms with van der Waals surface area (Å²) in [4.78, 5) is 37.3. The molecule has 2 bridgehead atoms. The number of amides is 1. The Kier molecular flexibility index (Phi) is 2.80. The average Bonchev–Trinajstić information content (AvgIpc) is 2.34. The van der Waals surface area contributed by atoms with Gasteiger partial charge < -0.3 is 5.32 Å². The number of nitrogens with zero attached hydrogens (tertiary/aromatic N) is 1. The van der Waals surface area contributed by atoms with Gasteiger partial charge in [-0.05, 0) is 32.1 Å². The van der Waals surface area contributed by atoms with E-state index in [1.165, 1.54) is 0 Å². The van der Waals surface area contributed by atoms with Crippen LogP contribution in [0.3, 0.4) is 0 Å². The molecule has 2 aliphatic rings. The predicted molar refractivity (Wildman–Crippen MR) is 69.0 cm³/mol. The van der Waals surface area contributed by atoms with E-state index in [-0.39, 0.29) is 29.2 Å². The summed E-state index contributed by atoms with van der Waals surface area (Å²) in [7, 11) is 0. The largest absolute Gasteiger partial charge is 0.351 e. The molecule has 1 saturated carbocycles. The second-order valence-corrected chi connectivity index (χ2v) is 5.60. The van der Waals surface area contributed by atoms with Crippen LogP contribution in [0.25, 0.3) is 0 Å². The van der Waals surface area contributed by atoms with E-state index in [9.17, 15) is 14.4 Å². The third-order valence-electron chi connectivity index (χ3n) is 4.25. The van der Waals surface area contributed by atoms with Crippen LogP contribution in [0.5, 0.6) is 0 Å². The Labute approximate surface area is 109 Å². The number of aromatic nitrogens is 2. The Morgan fingerprint density at radius 3 is 2.84 bits per heavy atom. The Balaban J connectivity index is 1.98. The molecular formula is C13H17N3O3. The molecule has 1 aromatic heterocycles. The van der Waals surface area contributed by atoms with Gasteiger partial charge in [-0.25, -0.2) is 4.79 Å². The molecule has 19 heavy (non-hydrogen) atoms. The number of piperidine rings is 1. The highest BCUT2D eigenvalue weighted by Gasteiger charge is 2.37. The van der Waals surface area contributed by atoms with Gasteiger partial charge in [0.2, 0.25) is 5.91 Å². The first kappa shape index (κ1) is 12.2. The molecule has 6 heteroatoms. The molecule has 3 atom stereocenters. The molecule has 1 saturated heterocycles. The Bertz CT molecular complexity index is 631. The number of fused-ring (bicyclic) bond motifs is 2. The molecule has 0 spiro atoms. The number of aromatic amines is 1. The van der Waals surface area contributed by atoms with E-state index in [0.717, 1.165) is 19.3 Å². The van der Waals surface area contributed by atoms with Crippen LogP contribution < -0.4 is 16.6 Å². The zero-order chi connectivity index (χ0) is 13.6. The fourth-order valence-electron chi connectivity index (χ4n) is 3.28. The van der Waals surface area contributed by atoms with E-state index in [4.69, 9.17) is 0 Å². The minimum absolute atomic E-state index is 0.00278. The Morgan fingerprint density at radius 1 is 1.26 bits per heavy atom. The van der Waals surface area contributed by atoms with Crippen molar-refractivity contribution in [2.45, 2.75) is 44.7 Å². The highest BCUT2D eigenvalue weighted by atomic mass is 16.2. The molecule has 1 aromatic rings. The summed E-state index contributed by atoms with van der Waals surface area (Å²) in [6.45, 7) is 1.68. The maximum atomic E-state index is 11.9. The lowest BCUT2D eigenvalue weighted by molar-refractivity contribution is -0.126. The van der Waals surface area contributed by atoms with Crippen molar-refractivity contribution in [3.05, 3.63) is 32.6 Å². The molecule has 6 nitrogen and oxygen atoms in total. The molecule has 2 heterocycles. The van der Waals surface area contributed by atoms with E-state index in [2.05, 4.69) is 10.3 Å². The molecule has 0 radical (unpaired) electrons. The van der Waals surface area contributed by atoms with Crippen molar-refractivity contribution in [2.75, 3.05) is 0 Å². The lowest BCUT2D eigenvalue weighted by Gasteiger charge is -2.40. The van der Waals surface area contributed by atoms with Crippen LogP contribution in [-0.2, 0) is 4.79 Å². The minimum atomic E-state index is -0.390. The fraction of sp³-hybridized carbons (Fsp3) is 0.615. The third kappa shape index (κ3) is 2.11. The van der Waals surface area contributed by atoms with Gasteiger partial charge in [-0.1, -0.05) is 0 Å². The van der Waals surface area contributed by atoms with Gasteiger partial charge in [0.25, 0.3) is 5.56 Å². The number of nitrogens with one attached hydrogen (secondary N) is 2. The molecule has 0 unspecified atom stereocenters. The van der Waals surface area contributed by atoms with Crippen molar-refractivity contribution in [2.24, 2.45) is 5.92 Å². The number of H-pyrrole nitrogens is 1. The lowest BCUT2D eigenvalue weighted by Crippen LogP contribution is -2.52. The van der Waals surface area contributed by atoms with Crippen molar-refractivity contribution in [3.8, 4) is 0 Å². The smallest absolute Gasteiger partial charge is 0.328 e. The van der Waals surface area contributed by atoms with Gasteiger partial charge in [0.15, 0.2) is 0 Å². The third-order valence-corrected chi connectivity index (χ3v) is 4.25. The SMILES string of the molecule is Cc1cn([C@H]2CC[C@H]3CC(=O)N[C@H]2C3)c(=O)[nH]c1=O. The molecule has 1 aliphatic heterocycles. The summed E-state index contributed by atoms with van der Waals surface area (Å²) in [6.07, 6.45) is 4.94. The maximum absolute atomic E-state index is 11.9. The van der Waals surface area contributed by atoms with E-state index in [1.54, 1.807) is 17.7 Å². The molecule has 2 N–H and O–H groups in total. The number of aryl methyl sites for hydroxylation is 1. The maximum Gasteiger partial charge on any atom is 0.328 e. The van der Waals surface area contributed by atoms with Crippen molar-refractivity contribution >= 4 is 5.91 Å². The summed E-state index contributed by atoms with van der Waals surface area (Å²) >= 11 is 0. The Morgan fingerprint density at radius 2 is 2.05 bits per heavy atom. The van der Waals surface area contributed by atoms with Crippen LogP contribution in [-0.4, -0.2) is 21.5 Å². The van der Waals surface area contributed by atoms with Crippen LogP contribution in [0.2, 0.25) is 0 Å². The van der Waals surface area contributed by atoms with Crippen LogP contribution in [0.15, 0.2) is 15.8 Å². The molecule has 0 aromatic carbocycles. The molecule has 2 fully saturated rings. The summed E-state index contributed by atoms with van der Waals surface area (Å²) < 4.78 is 1.57. The molecular weight excluding hydrogens is 246 g/mol. The van der Waals surface area contributed by atoms with Crippen LogP contribution in [0.1, 0.15) is 37.3 Å². The molecule has 1 amide bonds. The summed E-state index contributed by atoms with van der Waals surface area (Å²) in [5, 5.41) is 2.97. The number of rotatable bonds is 1. The average molecular weight is 263 g/mol. The Hall–Kier alpha value is -1.85. The van der Waals surface area contributed by atoms with Gasteiger partial charge in [-0.15, -0.1) is 0 Å². The predicted octanol–water partition coefficient (Wildman–Crippen LogP) is 0.0747. The first-order valence-electron chi connectivity index (χ1n) is 6.66. The highest BCUT2D eigenvalue weighted by molar-refractivity contribution is 5.77. The minimum Gasteiger partial charge on any atom is -0.351 e. The summed E-state index contributed by atoms with van der Waals surface area (Å²) in [6, 6.07) is -0.0495. The second-order valence-electron chi connectivity index (χ2n) is 5.60. The number of hydrogen-bond acceptors (Lipinski definition) is 3. The first-order valence-corrected chi connectivity index (χ1v) is 6.66. The zero-order valence-corrected chi connectivity index (χ0v) is 10.8. The zero-order valence-electron chi connectivity index (χ0n) is 10.8. The van der Waals surface area contributed by atoms with Crippen LogP contribution in [0.4, 0.5) is 0 Å². The molecule has 3 rings (SSSR count). The van der Waals surface area contributed by atoms with Gasteiger partial charge in [0.1, 0.15) is 0 Å². The number of carbonyl (C=O) groups is 1. The van der Waals surface area contributed by atoms with Crippen LogP contribution in [0, 0.1) is 12.8 Å². The van der Waals surface area contributed by atoms with Crippen LogP contribution >= 0.6 is 0 Å². The fourth-order valence-corrected chi connectivity index (χ4v) is 3.28. The van der Waals surface area contributed by atoms with E-state index >= 15 is 0 Å². The number of carbonyl (C=O) groups excluding carboxylic acids is 1. The van der Waals surface area contributed by atoms with Gasteiger partial charge in [-0.2, -0.15) is 0 Å².